The van der Waals surface area contributed by atoms with Crippen molar-refractivity contribution in [2.45, 2.75) is 23.9 Å². The van der Waals surface area contributed by atoms with E-state index >= 15 is 0 Å². The van der Waals surface area contributed by atoms with Crippen LogP contribution in [-0.4, -0.2) is 24.0 Å². The molecule has 0 amide bonds. The molecule has 0 radical (unpaired) electrons. The number of nitriles is 1. The van der Waals surface area contributed by atoms with Crippen LogP contribution in [0.25, 0.3) is 11.1 Å². The number of benzene rings is 3. The van der Waals surface area contributed by atoms with E-state index in [0.717, 1.165) is 36.0 Å². The van der Waals surface area contributed by atoms with Crippen LogP contribution in [0.4, 0.5) is 0 Å². The third-order valence-electron chi connectivity index (χ3n) is 5.12. The SMILES string of the molecule is N#Cc1cccc(SNC2CCN(Cc3ccc(-c4ccc(Cl)cc4)cc3)C2)c1. The highest BCUT2D eigenvalue weighted by Gasteiger charge is 2.22. The molecule has 1 atom stereocenters. The molecular weight excluding hydrogens is 398 g/mol. The number of rotatable bonds is 6. The van der Waals surface area contributed by atoms with Crippen LogP contribution >= 0.6 is 23.5 Å². The van der Waals surface area contributed by atoms with Gasteiger partial charge in [0.2, 0.25) is 0 Å². The number of halogens is 1. The van der Waals surface area contributed by atoms with Gasteiger partial charge in [0.1, 0.15) is 0 Å². The van der Waals surface area contributed by atoms with Crippen molar-refractivity contribution >= 4 is 23.5 Å². The van der Waals surface area contributed by atoms with Crippen molar-refractivity contribution in [3.05, 3.63) is 88.9 Å². The second-order valence-corrected chi connectivity index (χ2v) is 8.63. The molecule has 0 saturated carbocycles. The zero-order chi connectivity index (χ0) is 20.1. The maximum Gasteiger partial charge on any atom is 0.0992 e. The summed E-state index contributed by atoms with van der Waals surface area (Å²) in [7, 11) is 0. The minimum Gasteiger partial charge on any atom is -0.297 e. The first-order valence-corrected chi connectivity index (χ1v) is 10.9. The van der Waals surface area contributed by atoms with Gasteiger partial charge in [-0.05, 0) is 65.4 Å². The van der Waals surface area contributed by atoms with Crippen molar-refractivity contribution in [2.75, 3.05) is 13.1 Å². The minimum absolute atomic E-state index is 0.457. The van der Waals surface area contributed by atoms with E-state index in [1.807, 2.05) is 36.4 Å². The number of hydrogen-bond acceptors (Lipinski definition) is 4. The number of hydrogen-bond donors (Lipinski definition) is 1. The lowest BCUT2D eigenvalue weighted by molar-refractivity contribution is 0.325. The number of likely N-dealkylation sites (tertiary alicyclic amines) is 1. The third-order valence-corrected chi connectivity index (χ3v) is 6.31. The molecule has 3 aromatic carbocycles. The van der Waals surface area contributed by atoms with Crippen molar-refractivity contribution in [3.63, 3.8) is 0 Å². The Morgan fingerprint density at radius 1 is 1.03 bits per heavy atom. The first-order chi connectivity index (χ1) is 14.2. The lowest BCUT2D eigenvalue weighted by atomic mass is 10.0. The molecule has 1 aliphatic rings. The molecule has 1 heterocycles. The Balaban J connectivity index is 1.28. The lowest BCUT2D eigenvalue weighted by Crippen LogP contribution is -2.28. The van der Waals surface area contributed by atoms with E-state index in [4.69, 9.17) is 16.9 Å². The highest BCUT2D eigenvalue weighted by molar-refractivity contribution is 7.97. The Morgan fingerprint density at radius 3 is 2.48 bits per heavy atom. The smallest absolute Gasteiger partial charge is 0.0992 e. The second kappa shape index (κ2) is 9.47. The molecule has 0 spiro atoms. The summed E-state index contributed by atoms with van der Waals surface area (Å²) in [6, 6.07) is 27.1. The van der Waals surface area contributed by atoms with Crippen molar-refractivity contribution in [2.24, 2.45) is 0 Å². The molecule has 5 heteroatoms. The molecule has 1 fully saturated rings. The van der Waals surface area contributed by atoms with Crippen LogP contribution in [0.3, 0.4) is 0 Å². The van der Waals surface area contributed by atoms with E-state index in [1.54, 1.807) is 11.9 Å². The Hall–Kier alpha value is -2.29. The topological polar surface area (TPSA) is 39.1 Å². The van der Waals surface area contributed by atoms with Crippen LogP contribution < -0.4 is 4.72 Å². The third kappa shape index (κ3) is 5.41. The van der Waals surface area contributed by atoms with Crippen LogP contribution in [0, 0.1) is 11.3 Å². The van der Waals surface area contributed by atoms with Crippen LogP contribution in [0.2, 0.25) is 5.02 Å². The highest BCUT2D eigenvalue weighted by Crippen LogP contribution is 2.24. The van der Waals surface area contributed by atoms with Crippen LogP contribution in [-0.2, 0) is 6.54 Å². The predicted octanol–water partition coefficient (Wildman–Crippen LogP) is 5.75. The predicted molar refractivity (Wildman–Crippen MR) is 121 cm³/mol. The van der Waals surface area contributed by atoms with Gasteiger partial charge in [0, 0.05) is 35.6 Å². The van der Waals surface area contributed by atoms with E-state index < -0.39 is 0 Å². The van der Waals surface area contributed by atoms with Gasteiger partial charge in [-0.2, -0.15) is 5.26 Å². The number of nitrogens with zero attached hydrogens (tertiary/aromatic N) is 2. The Bertz CT molecular complexity index is 996. The normalized spacial score (nSPS) is 16.6. The summed E-state index contributed by atoms with van der Waals surface area (Å²) < 4.78 is 3.55. The standard InChI is InChI=1S/C24H22ClN3S/c25-22-10-8-21(9-11-22)20-6-4-18(5-7-20)16-28-13-12-23(17-28)27-29-24-3-1-2-19(14-24)15-26/h1-11,14,23,27H,12-13,16-17H2. The molecule has 3 nitrogen and oxygen atoms in total. The summed E-state index contributed by atoms with van der Waals surface area (Å²) in [4.78, 5) is 3.57. The Labute approximate surface area is 181 Å². The monoisotopic (exact) mass is 419 g/mol. The Morgan fingerprint density at radius 2 is 1.76 bits per heavy atom. The van der Waals surface area contributed by atoms with Gasteiger partial charge in [-0.25, -0.2) is 0 Å². The summed E-state index contributed by atoms with van der Waals surface area (Å²) in [6.07, 6.45) is 1.13. The summed E-state index contributed by atoms with van der Waals surface area (Å²) >= 11 is 7.60. The fourth-order valence-electron chi connectivity index (χ4n) is 3.56. The summed E-state index contributed by atoms with van der Waals surface area (Å²) in [5.74, 6) is 0. The average molecular weight is 420 g/mol. The zero-order valence-corrected chi connectivity index (χ0v) is 17.6. The molecule has 1 N–H and O–H groups in total. The van der Waals surface area contributed by atoms with E-state index in [0.29, 0.717) is 11.6 Å². The number of nitrogens with one attached hydrogen (secondary N) is 1. The first kappa shape index (κ1) is 20.0. The van der Waals surface area contributed by atoms with Crippen molar-refractivity contribution in [1.82, 2.24) is 9.62 Å². The van der Waals surface area contributed by atoms with Gasteiger partial charge >= 0.3 is 0 Å². The fourth-order valence-corrected chi connectivity index (χ4v) is 4.51. The fraction of sp³-hybridized carbons (Fsp3) is 0.208. The van der Waals surface area contributed by atoms with Gasteiger partial charge in [-0.15, -0.1) is 0 Å². The molecule has 0 aromatic heterocycles. The largest absolute Gasteiger partial charge is 0.297 e. The van der Waals surface area contributed by atoms with E-state index in [2.05, 4.69) is 52.1 Å². The van der Waals surface area contributed by atoms with E-state index in [9.17, 15) is 0 Å². The molecule has 0 bridgehead atoms. The lowest BCUT2D eigenvalue weighted by Gasteiger charge is -2.17. The summed E-state index contributed by atoms with van der Waals surface area (Å²) in [6.45, 7) is 3.09. The van der Waals surface area contributed by atoms with Crippen molar-refractivity contribution in [3.8, 4) is 17.2 Å². The quantitative estimate of drug-likeness (QED) is 0.516. The van der Waals surface area contributed by atoms with Gasteiger partial charge in [0.15, 0.2) is 0 Å². The van der Waals surface area contributed by atoms with Gasteiger partial charge in [0.05, 0.1) is 11.6 Å². The van der Waals surface area contributed by atoms with Crippen molar-refractivity contribution in [1.29, 1.82) is 5.26 Å². The van der Waals surface area contributed by atoms with Crippen molar-refractivity contribution < 1.29 is 0 Å². The summed E-state index contributed by atoms with van der Waals surface area (Å²) in [5, 5.41) is 9.78. The molecule has 0 aliphatic carbocycles. The summed E-state index contributed by atoms with van der Waals surface area (Å²) in [5.41, 5.74) is 4.43. The molecule has 146 valence electrons. The van der Waals surface area contributed by atoms with E-state index in [1.165, 1.54) is 16.7 Å². The Kier molecular flexibility index (Phi) is 6.53. The minimum atomic E-state index is 0.457. The van der Waals surface area contributed by atoms with Gasteiger partial charge in [-0.1, -0.05) is 54.1 Å². The zero-order valence-electron chi connectivity index (χ0n) is 16.0. The molecule has 29 heavy (non-hydrogen) atoms. The van der Waals surface area contributed by atoms with Crippen LogP contribution in [0.5, 0.6) is 0 Å². The highest BCUT2D eigenvalue weighted by atomic mass is 35.5. The molecule has 1 aliphatic heterocycles. The second-order valence-electron chi connectivity index (χ2n) is 7.28. The molecular formula is C24H22ClN3S. The van der Waals surface area contributed by atoms with Crippen LogP contribution in [0.1, 0.15) is 17.5 Å². The van der Waals surface area contributed by atoms with Crippen LogP contribution in [0.15, 0.2) is 77.7 Å². The molecule has 4 rings (SSSR count). The average Bonchev–Trinajstić information content (AvgIpc) is 3.21. The van der Waals surface area contributed by atoms with E-state index in [-0.39, 0.29) is 0 Å². The van der Waals surface area contributed by atoms with Gasteiger partial charge in [0.25, 0.3) is 0 Å². The molecule has 3 aromatic rings. The van der Waals surface area contributed by atoms with Gasteiger partial charge in [-0.3, -0.25) is 9.62 Å². The molecule has 1 saturated heterocycles. The maximum atomic E-state index is 9.02. The maximum absolute atomic E-state index is 9.02. The first-order valence-electron chi connectivity index (χ1n) is 9.69. The van der Waals surface area contributed by atoms with Gasteiger partial charge < -0.3 is 0 Å². The molecule has 1 unspecified atom stereocenters.